The van der Waals surface area contributed by atoms with Gasteiger partial charge in [0.2, 0.25) is 0 Å². The molecule has 0 saturated carbocycles. The van der Waals surface area contributed by atoms with Crippen LogP contribution >= 0.6 is 11.6 Å². The first kappa shape index (κ1) is 15.4. The van der Waals surface area contributed by atoms with E-state index in [-0.39, 0.29) is 5.69 Å². The number of nitrogens with one attached hydrogen (secondary N) is 1. The summed E-state index contributed by atoms with van der Waals surface area (Å²) in [6.07, 6.45) is 3.56. The van der Waals surface area contributed by atoms with E-state index in [1.165, 1.54) is 0 Å². The minimum atomic E-state index is -0.390. The Hall–Kier alpha value is -3.12. The third kappa shape index (κ3) is 3.12. The summed E-state index contributed by atoms with van der Waals surface area (Å²) < 4.78 is 3.33. The molecular formula is C18H14ClN5O. The highest BCUT2D eigenvalue weighted by molar-refractivity contribution is 6.37. The molecular weight excluding hydrogens is 338 g/mol. The van der Waals surface area contributed by atoms with Crippen molar-refractivity contribution in [3.63, 3.8) is 0 Å². The molecule has 0 bridgehead atoms. The highest BCUT2D eigenvalue weighted by Gasteiger charge is 2.18. The molecule has 4 aromatic rings. The highest BCUT2D eigenvalue weighted by atomic mass is 35.5. The molecule has 0 aliphatic carbocycles. The fourth-order valence-corrected chi connectivity index (χ4v) is 2.85. The van der Waals surface area contributed by atoms with Gasteiger partial charge in [0.15, 0.2) is 11.5 Å². The maximum atomic E-state index is 12.5. The largest absolute Gasteiger partial charge is 0.304 e. The van der Waals surface area contributed by atoms with E-state index in [2.05, 4.69) is 15.5 Å². The maximum Gasteiger partial charge on any atom is 0.278 e. The van der Waals surface area contributed by atoms with Crippen LogP contribution in [0.3, 0.4) is 0 Å². The number of halogens is 1. The lowest BCUT2D eigenvalue weighted by atomic mass is 10.2. The molecule has 4 rings (SSSR count). The zero-order valence-electron chi connectivity index (χ0n) is 13.1. The number of carbonyl (C=O) groups is 1. The molecule has 0 aliphatic rings. The van der Waals surface area contributed by atoms with Crippen LogP contribution in [-0.4, -0.2) is 25.3 Å². The van der Waals surface area contributed by atoms with Crippen molar-refractivity contribution in [1.82, 2.24) is 19.4 Å². The summed E-state index contributed by atoms with van der Waals surface area (Å²) in [5.74, 6) is 0.0627. The minimum absolute atomic E-state index is 0.172. The van der Waals surface area contributed by atoms with E-state index in [4.69, 9.17) is 11.6 Å². The Morgan fingerprint density at radius 3 is 2.60 bits per heavy atom. The molecule has 0 fully saturated rings. The lowest BCUT2D eigenvalue weighted by Crippen LogP contribution is -2.14. The number of hydrogen-bond acceptors (Lipinski definition) is 3. The van der Waals surface area contributed by atoms with Gasteiger partial charge in [-0.15, -0.1) is 0 Å². The van der Waals surface area contributed by atoms with Gasteiger partial charge in [-0.3, -0.25) is 9.48 Å². The maximum absolute atomic E-state index is 12.5. The van der Waals surface area contributed by atoms with Crippen LogP contribution in [0.1, 0.15) is 16.1 Å². The van der Waals surface area contributed by atoms with Crippen LogP contribution in [0, 0.1) is 0 Å². The van der Waals surface area contributed by atoms with Gasteiger partial charge in [-0.25, -0.2) is 4.52 Å². The van der Waals surface area contributed by atoms with Gasteiger partial charge in [0.1, 0.15) is 0 Å². The summed E-state index contributed by atoms with van der Waals surface area (Å²) in [6.45, 7) is 0.631. The van der Waals surface area contributed by atoms with Crippen molar-refractivity contribution in [3.05, 3.63) is 83.3 Å². The molecule has 1 aromatic carbocycles. The first-order chi connectivity index (χ1) is 12.2. The van der Waals surface area contributed by atoms with Crippen LogP contribution in [0.15, 0.2) is 67.0 Å². The number of nitrogens with zero attached hydrogens (tertiary/aromatic N) is 4. The van der Waals surface area contributed by atoms with Crippen LogP contribution < -0.4 is 5.32 Å². The summed E-state index contributed by atoms with van der Waals surface area (Å²) in [7, 11) is 0. The van der Waals surface area contributed by atoms with Gasteiger partial charge in [0.05, 0.1) is 17.1 Å². The van der Waals surface area contributed by atoms with Crippen LogP contribution in [0.4, 0.5) is 5.82 Å². The second kappa shape index (κ2) is 6.41. The molecule has 7 heteroatoms. The van der Waals surface area contributed by atoms with Crippen LogP contribution in [0.25, 0.3) is 5.52 Å². The average molecular weight is 352 g/mol. The van der Waals surface area contributed by atoms with Crippen LogP contribution in [0.5, 0.6) is 0 Å². The first-order valence-corrected chi connectivity index (χ1v) is 8.10. The Morgan fingerprint density at radius 2 is 1.80 bits per heavy atom. The summed E-state index contributed by atoms with van der Waals surface area (Å²) in [4.78, 5) is 12.5. The van der Waals surface area contributed by atoms with E-state index in [1.54, 1.807) is 27.5 Å². The fraction of sp³-hybridized carbons (Fsp3) is 0.0556. The molecule has 6 nitrogen and oxygen atoms in total. The standard InChI is InChI=1S/C18H14ClN5O/c19-16-14-8-4-5-10-24(14)22-17(16)18(25)20-15-9-11-23(21-15)12-13-6-2-1-3-7-13/h1-11H,12H2,(H,20,21,25). The molecule has 25 heavy (non-hydrogen) atoms. The zero-order valence-corrected chi connectivity index (χ0v) is 13.9. The summed E-state index contributed by atoms with van der Waals surface area (Å²) in [6, 6.07) is 17.2. The number of hydrogen-bond donors (Lipinski definition) is 1. The molecule has 3 aromatic heterocycles. The van der Waals surface area contributed by atoms with Crippen molar-refractivity contribution < 1.29 is 4.79 Å². The predicted octanol–water partition coefficient (Wildman–Crippen LogP) is 3.48. The van der Waals surface area contributed by atoms with E-state index in [0.29, 0.717) is 22.9 Å². The monoisotopic (exact) mass is 351 g/mol. The van der Waals surface area contributed by atoms with Crippen molar-refractivity contribution in [2.45, 2.75) is 6.54 Å². The first-order valence-electron chi connectivity index (χ1n) is 7.72. The molecule has 0 aliphatic heterocycles. The summed E-state index contributed by atoms with van der Waals surface area (Å²) >= 11 is 6.26. The molecule has 0 spiro atoms. The lowest BCUT2D eigenvalue weighted by Gasteiger charge is -2.02. The Kier molecular flexibility index (Phi) is 3.95. The van der Waals surface area contributed by atoms with E-state index in [0.717, 1.165) is 5.56 Å². The minimum Gasteiger partial charge on any atom is -0.304 e. The molecule has 0 unspecified atom stereocenters. The smallest absolute Gasteiger partial charge is 0.278 e. The van der Waals surface area contributed by atoms with Gasteiger partial charge < -0.3 is 5.32 Å². The number of fused-ring (bicyclic) bond motifs is 1. The number of carbonyl (C=O) groups excluding carboxylic acids is 1. The topological polar surface area (TPSA) is 64.2 Å². The van der Waals surface area contributed by atoms with Crippen molar-refractivity contribution in [2.24, 2.45) is 0 Å². The number of anilines is 1. The van der Waals surface area contributed by atoms with Crippen molar-refractivity contribution in [3.8, 4) is 0 Å². The molecule has 0 atom stereocenters. The third-order valence-corrected chi connectivity index (χ3v) is 4.14. The molecule has 0 saturated heterocycles. The average Bonchev–Trinajstić information content (AvgIpc) is 3.20. The normalized spacial score (nSPS) is 10.9. The highest BCUT2D eigenvalue weighted by Crippen LogP contribution is 2.22. The third-order valence-electron chi connectivity index (χ3n) is 3.76. The summed E-state index contributed by atoms with van der Waals surface area (Å²) in [5.41, 5.74) is 1.99. The van der Waals surface area contributed by atoms with Gasteiger partial charge in [-0.1, -0.05) is 48.0 Å². The Labute approximate surface area is 148 Å². The molecule has 124 valence electrons. The van der Waals surface area contributed by atoms with Crippen molar-refractivity contribution in [2.75, 3.05) is 5.32 Å². The second-order valence-corrected chi connectivity index (χ2v) is 5.91. The van der Waals surface area contributed by atoms with Gasteiger partial charge in [-0.2, -0.15) is 10.2 Å². The van der Waals surface area contributed by atoms with Gasteiger partial charge in [0.25, 0.3) is 5.91 Å². The Balaban J connectivity index is 1.52. The predicted molar refractivity (Wildman–Crippen MR) is 95.9 cm³/mol. The summed E-state index contributed by atoms with van der Waals surface area (Å²) in [5, 5.41) is 11.6. The Morgan fingerprint density at radius 1 is 1.00 bits per heavy atom. The number of aromatic nitrogens is 4. The van der Waals surface area contributed by atoms with Gasteiger partial charge >= 0.3 is 0 Å². The van der Waals surface area contributed by atoms with Gasteiger partial charge in [-0.05, 0) is 17.7 Å². The van der Waals surface area contributed by atoms with E-state index >= 15 is 0 Å². The Bertz CT molecular complexity index is 1040. The van der Waals surface area contributed by atoms with Gasteiger partial charge in [0, 0.05) is 18.5 Å². The lowest BCUT2D eigenvalue weighted by molar-refractivity contribution is 0.102. The quantitative estimate of drug-likeness (QED) is 0.612. The van der Waals surface area contributed by atoms with Crippen LogP contribution in [-0.2, 0) is 6.54 Å². The molecule has 3 heterocycles. The number of rotatable bonds is 4. The van der Waals surface area contributed by atoms with Crippen molar-refractivity contribution in [1.29, 1.82) is 0 Å². The van der Waals surface area contributed by atoms with Crippen LogP contribution in [0.2, 0.25) is 5.02 Å². The van der Waals surface area contributed by atoms with E-state index < -0.39 is 5.91 Å². The second-order valence-electron chi connectivity index (χ2n) is 5.53. The van der Waals surface area contributed by atoms with E-state index in [1.807, 2.05) is 48.7 Å². The number of pyridine rings is 1. The van der Waals surface area contributed by atoms with E-state index in [9.17, 15) is 4.79 Å². The SMILES string of the molecule is O=C(Nc1ccn(Cc2ccccc2)n1)c1nn2ccccc2c1Cl. The molecule has 1 N–H and O–H groups in total. The zero-order chi connectivity index (χ0) is 17.2. The number of benzene rings is 1. The molecule has 0 radical (unpaired) electrons. The number of amides is 1. The molecule has 1 amide bonds. The van der Waals surface area contributed by atoms with Crippen molar-refractivity contribution >= 4 is 28.8 Å². The fourth-order valence-electron chi connectivity index (χ4n) is 2.58.